The zero-order valence-corrected chi connectivity index (χ0v) is 11.7. The second-order valence-corrected chi connectivity index (χ2v) is 5.27. The Morgan fingerprint density at radius 2 is 1.95 bits per heavy atom. The van der Waals surface area contributed by atoms with Gasteiger partial charge in [0.1, 0.15) is 13.2 Å². The highest BCUT2D eigenvalue weighted by atomic mass is 35.5. The topological polar surface area (TPSA) is 39.7 Å². The third-order valence-corrected chi connectivity index (χ3v) is 3.80. The van der Waals surface area contributed by atoms with Crippen molar-refractivity contribution >= 4 is 17.3 Å². The molecule has 0 radical (unpaired) electrons. The molecule has 0 spiro atoms. The first kappa shape index (κ1) is 12.9. The van der Waals surface area contributed by atoms with Crippen molar-refractivity contribution in [2.24, 2.45) is 0 Å². The summed E-state index contributed by atoms with van der Waals surface area (Å²) in [7, 11) is 0. The lowest BCUT2D eigenvalue weighted by molar-refractivity contribution is 0.00299. The van der Waals surface area contributed by atoms with Gasteiger partial charge in [-0.05, 0) is 19.8 Å². The molecule has 1 fully saturated rings. The second kappa shape index (κ2) is 5.47. The molecule has 1 aliphatic heterocycles. The van der Waals surface area contributed by atoms with Crippen LogP contribution in [0, 0.1) is 0 Å². The average molecular weight is 284 g/mol. The lowest BCUT2D eigenvalue weighted by Crippen LogP contribution is -2.40. The fourth-order valence-electron chi connectivity index (χ4n) is 2.45. The van der Waals surface area contributed by atoms with Crippen LogP contribution in [0.15, 0.2) is 12.1 Å². The summed E-state index contributed by atoms with van der Waals surface area (Å²) in [5, 5.41) is 4.11. The van der Waals surface area contributed by atoms with E-state index in [0.717, 1.165) is 36.6 Å². The van der Waals surface area contributed by atoms with Crippen LogP contribution in [0.3, 0.4) is 0 Å². The van der Waals surface area contributed by atoms with E-state index in [1.807, 2.05) is 19.1 Å². The molecule has 0 aromatic heterocycles. The van der Waals surface area contributed by atoms with Crippen LogP contribution in [0.1, 0.15) is 19.8 Å². The molecule has 1 aliphatic carbocycles. The van der Waals surface area contributed by atoms with E-state index in [1.165, 1.54) is 0 Å². The van der Waals surface area contributed by atoms with Crippen molar-refractivity contribution < 1.29 is 14.2 Å². The van der Waals surface area contributed by atoms with Crippen LogP contribution < -0.4 is 14.8 Å². The number of hydrogen-bond acceptors (Lipinski definition) is 4. The maximum atomic E-state index is 6.25. The molecule has 19 heavy (non-hydrogen) atoms. The Kier molecular flexibility index (Phi) is 3.71. The summed E-state index contributed by atoms with van der Waals surface area (Å²) in [6, 6.07) is 4.17. The zero-order valence-electron chi connectivity index (χ0n) is 10.9. The standard InChI is InChI=1S/C14H18ClNO3/c1-2-17-10-5-9(6-10)16-12-8-14-13(7-11(12)15)18-3-4-19-14/h7-10,16H,2-6H2,1H3. The van der Waals surface area contributed by atoms with Crippen LogP contribution in [0.5, 0.6) is 11.5 Å². The third-order valence-electron chi connectivity index (χ3n) is 3.49. The van der Waals surface area contributed by atoms with E-state index < -0.39 is 0 Å². The Hall–Kier alpha value is -1.13. The monoisotopic (exact) mass is 283 g/mol. The van der Waals surface area contributed by atoms with Crippen LogP contribution in [0.4, 0.5) is 5.69 Å². The van der Waals surface area contributed by atoms with Gasteiger partial charge in [-0.2, -0.15) is 0 Å². The molecule has 2 aliphatic rings. The van der Waals surface area contributed by atoms with E-state index >= 15 is 0 Å². The molecule has 1 saturated carbocycles. The molecule has 0 saturated heterocycles. The fourth-order valence-corrected chi connectivity index (χ4v) is 2.66. The number of nitrogens with one attached hydrogen (secondary N) is 1. The molecule has 1 aromatic rings. The molecule has 1 aromatic carbocycles. The van der Waals surface area contributed by atoms with Crippen molar-refractivity contribution in [1.29, 1.82) is 0 Å². The zero-order chi connectivity index (χ0) is 13.2. The van der Waals surface area contributed by atoms with Crippen molar-refractivity contribution in [3.63, 3.8) is 0 Å². The van der Waals surface area contributed by atoms with E-state index in [1.54, 1.807) is 0 Å². The quantitative estimate of drug-likeness (QED) is 0.922. The number of rotatable bonds is 4. The van der Waals surface area contributed by atoms with E-state index in [0.29, 0.717) is 30.4 Å². The molecule has 1 N–H and O–H groups in total. The van der Waals surface area contributed by atoms with Gasteiger partial charge in [0.15, 0.2) is 11.5 Å². The minimum Gasteiger partial charge on any atom is -0.486 e. The first-order chi connectivity index (χ1) is 9.26. The highest BCUT2D eigenvalue weighted by Gasteiger charge is 2.30. The fraction of sp³-hybridized carbons (Fsp3) is 0.571. The highest BCUT2D eigenvalue weighted by Crippen LogP contribution is 2.39. The van der Waals surface area contributed by atoms with Gasteiger partial charge in [-0.3, -0.25) is 0 Å². The van der Waals surface area contributed by atoms with Gasteiger partial charge >= 0.3 is 0 Å². The molecule has 0 amide bonds. The van der Waals surface area contributed by atoms with Crippen molar-refractivity contribution in [3.8, 4) is 11.5 Å². The van der Waals surface area contributed by atoms with Crippen molar-refractivity contribution in [2.75, 3.05) is 25.1 Å². The molecule has 5 heteroatoms. The number of halogens is 1. The Balaban J connectivity index is 1.65. The van der Waals surface area contributed by atoms with E-state index in [9.17, 15) is 0 Å². The lowest BCUT2D eigenvalue weighted by Gasteiger charge is -2.36. The number of benzene rings is 1. The smallest absolute Gasteiger partial charge is 0.163 e. The van der Waals surface area contributed by atoms with Gasteiger partial charge in [0.25, 0.3) is 0 Å². The molecular weight excluding hydrogens is 266 g/mol. The van der Waals surface area contributed by atoms with Crippen LogP contribution in [-0.4, -0.2) is 32.0 Å². The number of fused-ring (bicyclic) bond motifs is 1. The van der Waals surface area contributed by atoms with E-state index in [4.69, 9.17) is 25.8 Å². The molecule has 4 nitrogen and oxygen atoms in total. The van der Waals surface area contributed by atoms with E-state index in [-0.39, 0.29) is 0 Å². The molecule has 0 unspecified atom stereocenters. The summed E-state index contributed by atoms with van der Waals surface area (Å²) in [5.74, 6) is 1.49. The van der Waals surface area contributed by atoms with Crippen LogP contribution in [0.25, 0.3) is 0 Å². The maximum Gasteiger partial charge on any atom is 0.163 e. The number of hydrogen-bond donors (Lipinski definition) is 1. The number of anilines is 1. The lowest BCUT2D eigenvalue weighted by atomic mass is 9.89. The Morgan fingerprint density at radius 3 is 2.63 bits per heavy atom. The summed E-state index contributed by atoms with van der Waals surface area (Å²) in [4.78, 5) is 0. The molecule has 3 rings (SSSR count). The normalized spacial score (nSPS) is 24.7. The minimum atomic E-state index is 0.387. The number of ether oxygens (including phenoxy) is 3. The largest absolute Gasteiger partial charge is 0.486 e. The first-order valence-corrected chi connectivity index (χ1v) is 7.11. The van der Waals surface area contributed by atoms with Crippen molar-refractivity contribution in [3.05, 3.63) is 17.2 Å². The SMILES string of the molecule is CCOC1CC(Nc2cc3c(cc2Cl)OCCO3)C1. The van der Waals surface area contributed by atoms with Crippen LogP contribution >= 0.6 is 11.6 Å². The van der Waals surface area contributed by atoms with Crippen LogP contribution in [-0.2, 0) is 4.74 Å². The summed E-state index contributed by atoms with van der Waals surface area (Å²) >= 11 is 6.25. The van der Waals surface area contributed by atoms with E-state index in [2.05, 4.69) is 5.32 Å². The Bertz CT molecular complexity index is 460. The van der Waals surface area contributed by atoms with Gasteiger partial charge in [-0.1, -0.05) is 11.6 Å². The third kappa shape index (κ3) is 2.74. The first-order valence-electron chi connectivity index (χ1n) is 6.73. The van der Waals surface area contributed by atoms with Gasteiger partial charge in [0, 0.05) is 24.8 Å². The summed E-state index contributed by atoms with van der Waals surface area (Å²) in [6.07, 6.45) is 2.44. The summed E-state index contributed by atoms with van der Waals surface area (Å²) in [6.45, 7) is 3.97. The van der Waals surface area contributed by atoms with Crippen molar-refractivity contribution in [2.45, 2.75) is 31.9 Å². The highest BCUT2D eigenvalue weighted by molar-refractivity contribution is 6.33. The minimum absolute atomic E-state index is 0.387. The summed E-state index contributed by atoms with van der Waals surface area (Å²) in [5.41, 5.74) is 0.908. The van der Waals surface area contributed by atoms with Gasteiger partial charge in [0.05, 0.1) is 16.8 Å². The van der Waals surface area contributed by atoms with Gasteiger partial charge in [-0.25, -0.2) is 0 Å². The average Bonchev–Trinajstić information content (AvgIpc) is 2.37. The van der Waals surface area contributed by atoms with Gasteiger partial charge < -0.3 is 19.5 Å². The predicted octanol–water partition coefficient (Wildman–Crippen LogP) is 3.09. The second-order valence-electron chi connectivity index (χ2n) is 4.87. The van der Waals surface area contributed by atoms with Gasteiger partial charge in [-0.15, -0.1) is 0 Å². The molecule has 0 bridgehead atoms. The van der Waals surface area contributed by atoms with Gasteiger partial charge in [0.2, 0.25) is 0 Å². The Morgan fingerprint density at radius 1 is 1.26 bits per heavy atom. The molecule has 104 valence electrons. The predicted molar refractivity (Wildman–Crippen MR) is 74.5 cm³/mol. The Labute approximate surface area is 118 Å². The molecule has 0 atom stereocenters. The van der Waals surface area contributed by atoms with Crippen LogP contribution in [0.2, 0.25) is 5.02 Å². The van der Waals surface area contributed by atoms with Crippen molar-refractivity contribution in [1.82, 2.24) is 0 Å². The maximum absolute atomic E-state index is 6.25. The molecular formula is C14H18ClNO3. The summed E-state index contributed by atoms with van der Waals surface area (Å²) < 4.78 is 16.6. The molecule has 1 heterocycles.